The monoisotopic (exact) mass is 588 g/mol. The Morgan fingerprint density at radius 1 is 0.977 bits per heavy atom. The molecule has 0 radical (unpaired) electrons. The molecule has 1 aliphatic heterocycles. The first-order valence-corrected chi connectivity index (χ1v) is 14.9. The number of benzene rings is 2. The first-order valence-electron chi connectivity index (χ1n) is 14.9. The lowest BCUT2D eigenvalue weighted by atomic mass is 10.0. The number of aromatic nitrogens is 4. The molecular weight excluding hydrogens is 552 g/mol. The third-order valence-electron chi connectivity index (χ3n) is 7.73. The fourth-order valence-electron chi connectivity index (χ4n) is 5.52. The summed E-state index contributed by atoms with van der Waals surface area (Å²) in [6.45, 7) is 2.04. The number of anilines is 2. The van der Waals surface area contributed by atoms with Crippen LogP contribution in [0.2, 0.25) is 0 Å². The van der Waals surface area contributed by atoms with E-state index in [1.54, 1.807) is 30.5 Å². The van der Waals surface area contributed by atoms with E-state index in [1.807, 2.05) is 84.3 Å². The average Bonchev–Trinajstić information content (AvgIpc) is 3.66. The molecule has 0 bridgehead atoms. The molecule has 44 heavy (non-hydrogen) atoms. The molecule has 2 N–H and O–H groups in total. The first-order chi connectivity index (χ1) is 21.4. The Kier molecular flexibility index (Phi) is 8.60. The van der Waals surface area contributed by atoms with E-state index < -0.39 is 0 Å². The van der Waals surface area contributed by atoms with Gasteiger partial charge in [0, 0.05) is 54.8 Å². The minimum atomic E-state index is -0.0355. The Hall–Kier alpha value is -5.09. The van der Waals surface area contributed by atoms with Crippen molar-refractivity contribution in [2.24, 2.45) is 0 Å². The van der Waals surface area contributed by atoms with Gasteiger partial charge in [-0.1, -0.05) is 36.4 Å². The van der Waals surface area contributed by atoms with Crippen molar-refractivity contribution in [3.63, 3.8) is 0 Å². The summed E-state index contributed by atoms with van der Waals surface area (Å²) < 4.78 is 1.88. The van der Waals surface area contributed by atoms with Gasteiger partial charge in [-0.05, 0) is 75.9 Å². The second-order valence-electron chi connectivity index (χ2n) is 11.3. The summed E-state index contributed by atoms with van der Waals surface area (Å²) in [7, 11) is 3.98. The molecule has 0 aliphatic carbocycles. The number of hydrogen-bond donors (Lipinski definition) is 2. The van der Waals surface area contributed by atoms with Crippen LogP contribution in [0.25, 0.3) is 28.0 Å². The maximum atomic E-state index is 13.3. The molecule has 4 heterocycles. The van der Waals surface area contributed by atoms with Crippen molar-refractivity contribution in [2.45, 2.75) is 25.3 Å². The lowest BCUT2D eigenvalue weighted by Crippen LogP contribution is -2.31. The quantitative estimate of drug-likeness (QED) is 0.235. The molecule has 10 nitrogen and oxygen atoms in total. The summed E-state index contributed by atoms with van der Waals surface area (Å²) >= 11 is 0. The first kappa shape index (κ1) is 29.0. The van der Waals surface area contributed by atoms with Gasteiger partial charge in [-0.15, -0.1) is 0 Å². The summed E-state index contributed by atoms with van der Waals surface area (Å²) in [6, 6.07) is 25.1. The Morgan fingerprint density at radius 3 is 2.57 bits per heavy atom. The molecule has 5 aromatic rings. The second-order valence-corrected chi connectivity index (χ2v) is 11.3. The Bertz CT molecular complexity index is 1750. The highest BCUT2D eigenvalue weighted by Gasteiger charge is 2.28. The van der Waals surface area contributed by atoms with Gasteiger partial charge in [0.15, 0.2) is 0 Å². The largest absolute Gasteiger partial charge is 0.350 e. The fourth-order valence-corrected chi connectivity index (χ4v) is 5.52. The number of pyridine rings is 1. The van der Waals surface area contributed by atoms with E-state index in [0.717, 1.165) is 47.4 Å². The molecule has 1 atom stereocenters. The van der Waals surface area contributed by atoms with Crippen LogP contribution in [0.3, 0.4) is 0 Å². The summed E-state index contributed by atoms with van der Waals surface area (Å²) in [5, 5.41) is 11.2. The van der Waals surface area contributed by atoms with Gasteiger partial charge in [0.25, 0.3) is 5.91 Å². The molecule has 1 fully saturated rings. The summed E-state index contributed by atoms with van der Waals surface area (Å²) in [5.41, 5.74) is 5.83. The molecule has 224 valence electrons. The molecule has 0 saturated carbocycles. The molecule has 2 aromatic carbocycles. The van der Waals surface area contributed by atoms with Crippen molar-refractivity contribution in [2.75, 3.05) is 44.4 Å². The molecule has 1 aliphatic rings. The van der Waals surface area contributed by atoms with Gasteiger partial charge in [-0.2, -0.15) is 5.10 Å². The van der Waals surface area contributed by atoms with Crippen LogP contribution >= 0.6 is 0 Å². The maximum Gasteiger partial charge on any atom is 0.253 e. The van der Waals surface area contributed by atoms with Crippen molar-refractivity contribution >= 4 is 29.0 Å². The van der Waals surface area contributed by atoms with Crippen LogP contribution in [0, 0.1) is 0 Å². The van der Waals surface area contributed by atoms with Crippen LogP contribution in [0.1, 0.15) is 29.6 Å². The molecular formula is C34H36N8O2. The summed E-state index contributed by atoms with van der Waals surface area (Å²) in [6.07, 6.45) is 5.73. The summed E-state index contributed by atoms with van der Waals surface area (Å²) in [5.74, 6) is 0.456. The predicted octanol–water partition coefficient (Wildman–Crippen LogP) is 5.07. The van der Waals surface area contributed by atoms with E-state index in [-0.39, 0.29) is 17.9 Å². The molecule has 1 unspecified atom stereocenters. The number of rotatable bonds is 10. The predicted molar refractivity (Wildman–Crippen MR) is 172 cm³/mol. The lowest BCUT2D eigenvalue weighted by molar-refractivity contribution is -0.116. The van der Waals surface area contributed by atoms with Crippen LogP contribution < -0.4 is 10.6 Å². The van der Waals surface area contributed by atoms with Crippen LogP contribution in [0.4, 0.5) is 11.6 Å². The highest BCUT2D eigenvalue weighted by Crippen LogP contribution is 2.34. The topological polar surface area (TPSA) is 108 Å². The van der Waals surface area contributed by atoms with Gasteiger partial charge in [0.2, 0.25) is 11.9 Å². The van der Waals surface area contributed by atoms with Gasteiger partial charge in [0.1, 0.15) is 5.69 Å². The van der Waals surface area contributed by atoms with Crippen molar-refractivity contribution < 1.29 is 9.59 Å². The van der Waals surface area contributed by atoms with E-state index in [4.69, 9.17) is 10.1 Å². The van der Waals surface area contributed by atoms with Gasteiger partial charge >= 0.3 is 0 Å². The lowest BCUT2D eigenvalue weighted by Gasteiger charge is -2.17. The number of carbonyl (C=O) groups is 2. The number of carbonyl (C=O) groups excluding carboxylic acids is 2. The van der Waals surface area contributed by atoms with Crippen LogP contribution in [0.15, 0.2) is 91.3 Å². The highest BCUT2D eigenvalue weighted by molar-refractivity contribution is 5.96. The van der Waals surface area contributed by atoms with E-state index in [1.165, 1.54) is 0 Å². The van der Waals surface area contributed by atoms with Gasteiger partial charge in [0.05, 0.1) is 16.8 Å². The number of nitrogens with one attached hydrogen (secondary N) is 2. The van der Waals surface area contributed by atoms with Crippen LogP contribution in [-0.4, -0.2) is 81.0 Å². The van der Waals surface area contributed by atoms with Crippen molar-refractivity contribution in [1.29, 1.82) is 0 Å². The van der Waals surface area contributed by atoms with E-state index in [0.29, 0.717) is 36.7 Å². The molecule has 0 spiro atoms. The van der Waals surface area contributed by atoms with Crippen molar-refractivity contribution in [3.8, 4) is 22.5 Å². The van der Waals surface area contributed by atoms with E-state index in [9.17, 15) is 9.59 Å². The van der Waals surface area contributed by atoms with Crippen molar-refractivity contribution in [3.05, 3.63) is 96.8 Å². The van der Waals surface area contributed by atoms with Crippen LogP contribution in [0.5, 0.6) is 0 Å². The molecule has 2 amide bonds. The second kappa shape index (κ2) is 13.0. The van der Waals surface area contributed by atoms with Gasteiger partial charge < -0.3 is 20.4 Å². The Morgan fingerprint density at radius 2 is 1.77 bits per heavy atom. The molecule has 10 heteroatoms. The Balaban J connectivity index is 1.11. The zero-order chi connectivity index (χ0) is 30.5. The van der Waals surface area contributed by atoms with Crippen molar-refractivity contribution in [1.82, 2.24) is 29.4 Å². The minimum absolute atomic E-state index is 0.0208. The standard InChI is InChI=1S/C34H36N8O2/c1-40(2)20-8-12-30(43)36-26-15-13-25(14-16-26)33(44)41-22-18-27(23-41)37-34-35-19-17-28(38-34)31-29-11-6-7-21-42(29)39-32(31)24-9-4-3-5-10-24/h3-7,9-11,13-17,19,21,27H,8,12,18,20,22-23H2,1-2H3,(H,36,43)(H,35,37,38). The molecule has 1 saturated heterocycles. The number of fused-ring (bicyclic) bond motifs is 1. The Labute approximate surface area is 256 Å². The number of amides is 2. The van der Waals surface area contributed by atoms with E-state index >= 15 is 0 Å². The van der Waals surface area contributed by atoms with Crippen LogP contribution in [-0.2, 0) is 4.79 Å². The number of hydrogen-bond acceptors (Lipinski definition) is 7. The van der Waals surface area contributed by atoms with Gasteiger partial charge in [-0.25, -0.2) is 14.5 Å². The third kappa shape index (κ3) is 6.60. The number of likely N-dealkylation sites (tertiary alicyclic amines) is 1. The molecule has 3 aromatic heterocycles. The molecule has 6 rings (SSSR count). The van der Waals surface area contributed by atoms with Gasteiger partial charge in [-0.3, -0.25) is 9.59 Å². The normalized spacial score (nSPS) is 14.7. The third-order valence-corrected chi connectivity index (χ3v) is 7.73. The SMILES string of the molecule is CN(C)CCCC(=O)Nc1ccc(C(=O)N2CCC(Nc3nccc(-c4c(-c5ccccc5)nn5ccccc45)n3)C2)cc1. The number of nitrogens with zero attached hydrogens (tertiary/aromatic N) is 6. The summed E-state index contributed by atoms with van der Waals surface area (Å²) in [4.78, 5) is 38.7. The average molecular weight is 589 g/mol. The fraction of sp³-hybridized carbons (Fsp3) is 0.265. The minimum Gasteiger partial charge on any atom is -0.350 e. The smallest absolute Gasteiger partial charge is 0.253 e. The maximum absolute atomic E-state index is 13.3. The highest BCUT2D eigenvalue weighted by atomic mass is 16.2. The van der Waals surface area contributed by atoms with E-state index in [2.05, 4.69) is 20.5 Å². The zero-order valence-electron chi connectivity index (χ0n) is 25.0. The zero-order valence-corrected chi connectivity index (χ0v) is 25.0.